The van der Waals surface area contributed by atoms with Gasteiger partial charge in [0.05, 0.1) is 18.7 Å². The fourth-order valence-corrected chi connectivity index (χ4v) is 3.54. The number of ketones is 1. The molecule has 5 rings (SSSR count). The van der Waals surface area contributed by atoms with Crippen molar-refractivity contribution in [2.75, 3.05) is 18.6 Å². The number of nitrogens with zero attached hydrogens (tertiary/aromatic N) is 3. The van der Waals surface area contributed by atoms with Gasteiger partial charge in [0.25, 0.3) is 0 Å². The Hall–Kier alpha value is -3.41. The van der Waals surface area contributed by atoms with Crippen molar-refractivity contribution in [2.45, 2.75) is 45.6 Å². The number of anilines is 1. The Balaban J connectivity index is 0.000000145. The Morgan fingerprint density at radius 2 is 1.72 bits per heavy atom. The third-order valence-corrected chi connectivity index (χ3v) is 5.27. The number of carbonyl (C=O) groups excluding carboxylic acids is 2. The van der Waals surface area contributed by atoms with Crippen LogP contribution in [0.25, 0.3) is 0 Å². The minimum Gasteiger partial charge on any atom is -0.491 e. The van der Waals surface area contributed by atoms with Crippen LogP contribution in [0, 0.1) is 0 Å². The molecule has 2 aliphatic heterocycles. The predicted octanol–water partition coefficient (Wildman–Crippen LogP) is 4.93. The van der Waals surface area contributed by atoms with E-state index in [-0.39, 0.29) is 11.7 Å². The summed E-state index contributed by atoms with van der Waals surface area (Å²) in [6.45, 7) is 3.47. The van der Waals surface area contributed by atoms with E-state index < -0.39 is 0 Å². The number of carbonyl (C=O) groups is 2. The first kappa shape index (κ1) is 23.3. The maximum Gasteiger partial charge on any atom is 0.230 e. The molecule has 0 spiro atoms. The average Bonchev–Trinajstić information content (AvgIpc) is 3.40. The van der Waals surface area contributed by atoms with Crippen molar-refractivity contribution in [3.8, 4) is 5.75 Å². The maximum atomic E-state index is 11.5. The number of Topliss-reactive ketones (excluding diaryl/α,β-unsaturated/α-hetero) is 1. The second-order valence-corrected chi connectivity index (χ2v) is 7.69. The molecule has 0 radical (unpaired) electrons. The summed E-state index contributed by atoms with van der Waals surface area (Å²) in [5, 5.41) is 4.28. The summed E-state index contributed by atoms with van der Waals surface area (Å²) in [6, 6.07) is 21.5. The molecule has 0 aliphatic carbocycles. The number of benzene rings is 2. The quantitative estimate of drug-likeness (QED) is 0.550. The fraction of sp³-hybridized carbons (Fsp3) is 0.346. The zero-order chi connectivity index (χ0) is 22.8. The SMILES string of the molecule is CCCC(=O)c1cc2n(n1)CCC2.CN1C(=O)CCOc2ccccc21.c1ccccc1. The van der Waals surface area contributed by atoms with Gasteiger partial charge in [-0.1, -0.05) is 55.5 Å². The van der Waals surface area contributed by atoms with Crippen molar-refractivity contribution in [1.29, 1.82) is 0 Å². The van der Waals surface area contributed by atoms with Crippen LogP contribution in [0.5, 0.6) is 5.75 Å². The zero-order valence-corrected chi connectivity index (χ0v) is 18.9. The van der Waals surface area contributed by atoms with Crippen LogP contribution < -0.4 is 9.64 Å². The molecule has 0 N–H and O–H groups in total. The summed E-state index contributed by atoms with van der Waals surface area (Å²) >= 11 is 0. The third-order valence-electron chi connectivity index (χ3n) is 5.27. The van der Waals surface area contributed by atoms with Crippen LogP contribution in [0.2, 0.25) is 0 Å². The molecule has 0 saturated heterocycles. The monoisotopic (exact) mass is 433 g/mol. The lowest BCUT2D eigenvalue weighted by Gasteiger charge is -2.15. The van der Waals surface area contributed by atoms with Gasteiger partial charge in [0, 0.05) is 25.7 Å². The molecule has 0 atom stereocenters. The predicted molar refractivity (Wildman–Crippen MR) is 126 cm³/mol. The lowest BCUT2D eigenvalue weighted by atomic mass is 10.1. The summed E-state index contributed by atoms with van der Waals surface area (Å²) in [7, 11) is 1.77. The average molecular weight is 434 g/mol. The van der Waals surface area contributed by atoms with Gasteiger partial charge in [-0.15, -0.1) is 0 Å². The summed E-state index contributed by atoms with van der Waals surface area (Å²) in [4.78, 5) is 24.5. The summed E-state index contributed by atoms with van der Waals surface area (Å²) in [6.07, 6.45) is 4.22. The van der Waals surface area contributed by atoms with Crippen molar-refractivity contribution < 1.29 is 14.3 Å². The number of para-hydroxylation sites is 2. The molecule has 2 aliphatic rings. The second kappa shape index (κ2) is 11.8. The van der Waals surface area contributed by atoms with Crippen LogP contribution in [0.1, 0.15) is 48.8 Å². The Kier molecular flexibility index (Phi) is 8.61. The standard InChI is InChI=1S/C10H14N2O.C10H11NO2.C6H6/c1-2-4-10(13)9-7-8-5-3-6-12(8)11-9;1-11-8-4-2-3-5-9(8)13-7-6-10(11)12;1-2-4-6-5-3-1/h7H,2-6H2,1H3;2-5H,6-7H2,1H3;1-6H. The van der Waals surface area contributed by atoms with Gasteiger partial charge in [0.2, 0.25) is 5.91 Å². The van der Waals surface area contributed by atoms with E-state index in [9.17, 15) is 9.59 Å². The van der Waals surface area contributed by atoms with Crippen LogP contribution in [0.4, 0.5) is 5.69 Å². The van der Waals surface area contributed by atoms with E-state index in [2.05, 4.69) is 5.10 Å². The molecule has 0 fully saturated rings. The molecule has 0 bridgehead atoms. The highest BCUT2D eigenvalue weighted by Crippen LogP contribution is 2.29. The number of hydrogen-bond acceptors (Lipinski definition) is 4. The fourth-order valence-electron chi connectivity index (χ4n) is 3.54. The van der Waals surface area contributed by atoms with Gasteiger partial charge in [0.15, 0.2) is 5.78 Å². The second-order valence-electron chi connectivity index (χ2n) is 7.69. The number of fused-ring (bicyclic) bond motifs is 2. The molecule has 32 heavy (non-hydrogen) atoms. The summed E-state index contributed by atoms with van der Waals surface area (Å²) in [5.74, 6) is 1.07. The van der Waals surface area contributed by atoms with E-state index >= 15 is 0 Å². The van der Waals surface area contributed by atoms with E-state index in [0.717, 1.165) is 30.8 Å². The number of aryl methyl sites for hydroxylation is 2. The van der Waals surface area contributed by atoms with Crippen molar-refractivity contribution in [3.05, 3.63) is 78.1 Å². The van der Waals surface area contributed by atoms with E-state index in [0.29, 0.717) is 25.1 Å². The van der Waals surface area contributed by atoms with Gasteiger partial charge < -0.3 is 9.64 Å². The van der Waals surface area contributed by atoms with Gasteiger partial charge in [-0.25, -0.2) is 0 Å². The number of hydrogen-bond donors (Lipinski definition) is 0. The minimum absolute atomic E-state index is 0.102. The molecule has 6 heteroatoms. The maximum absolute atomic E-state index is 11.5. The first-order chi connectivity index (χ1) is 15.6. The Morgan fingerprint density at radius 3 is 2.38 bits per heavy atom. The van der Waals surface area contributed by atoms with Crippen LogP contribution in [-0.2, 0) is 17.8 Å². The highest BCUT2D eigenvalue weighted by atomic mass is 16.5. The summed E-state index contributed by atoms with van der Waals surface area (Å²) in [5.41, 5.74) is 2.74. The smallest absolute Gasteiger partial charge is 0.230 e. The van der Waals surface area contributed by atoms with Crippen molar-refractivity contribution in [1.82, 2.24) is 9.78 Å². The zero-order valence-electron chi connectivity index (χ0n) is 18.9. The molecule has 0 saturated carbocycles. The van der Waals surface area contributed by atoms with E-state index in [1.807, 2.05) is 78.3 Å². The molecular weight excluding hydrogens is 402 g/mol. The van der Waals surface area contributed by atoms with Gasteiger partial charge >= 0.3 is 0 Å². The first-order valence-electron chi connectivity index (χ1n) is 11.2. The Bertz CT molecular complexity index is 966. The van der Waals surface area contributed by atoms with Crippen molar-refractivity contribution in [2.24, 2.45) is 0 Å². The van der Waals surface area contributed by atoms with Gasteiger partial charge in [-0.3, -0.25) is 14.3 Å². The van der Waals surface area contributed by atoms with Crippen LogP contribution in [0.3, 0.4) is 0 Å². The molecule has 2 aromatic carbocycles. The molecule has 1 amide bonds. The largest absolute Gasteiger partial charge is 0.491 e. The lowest BCUT2D eigenvalue weighted by Crippen LogP contribution is -2.24. The number of ether oxygens (including phenoxy) is 1. The lowest BCUT2D eigenvalue weighted by molar-refractivity contribution is -0.118. The van der Waals surface area contributed by atoms with Gasteiger partial charge in [0.1, 0.15) is 11.4 Å². The highest BCUT2D eigenvalue weighted by molar-refractivity contribution is 5.95. The van der Waals surface area contributed by atoms with Crippen molar-refractivity contribution in [3.63, 3.8) is 0 Å². The Labute approximate surface area is 189 Å². The first-order valence-corrected chi connectivity index (χ1v) is 11.2. The molecule has 168 valence electrons. The van der Waals surface area contributed by atoms with Gasteiger partial charge in [-0.2, -0.15) is 5.10 Å². The highest BCUT2D eigenvalue weighted by Gasteiger charge is 2.19. The van der Waals surface area contributed by atoms with E-state index in [1.165, 1.54) is 12.1 Å². The normalized spacial score (nSPS) is 13.9. The summed E-state index contributed by atoms with van der Waals surface area (Å²) < 4.78 is 7.39. The van der Waals surface area contributed by atoms with Crippen molar-refractivity contribution >= 4 is 17.4 Å². The van der Waals surface area contributed by atoms with Gasteiger partial charge in [-0.05, 0) is 37.5 Å². The topological polar surface area (TPSA) is 64.4 Å². The van der Waals surface area contributed by atoms with Crippen LogP contribution in [0.15, 0.2) is 66.7 Å². The van der Waals surface area contributed by atoms with Crippen LogP contribution in [-0.4, -0.2) is 35.1 Å². The third kappa shape index (κ3) is 6.30. The molecular formula is C26H31N3O3. The molecule has 3 aromatic rings. The molecule has 6 nitrogen and oxygen atoms in total. The number of amides is 1. The molecule has 0 unspecified atom stereocenters. The number of aromatic nitrogens is 2. The molecule has 3 heterocycles. The number of rotatable bonds is 3. The minimum atomic E-state index is 0.102. The molecule has 1 aromatic heterocycles. The van der Waals surface area contributed by atoms with E-state index in [4.69, 9.17) is 4.74 Å². The van der Waals surface area contributed by atoms with E-state index in [1.54, 1.807) is 11.9 Å². The van der Waals surface area contributed by atoms with Crippen LogP contribution >= 0.6 is 0 Å². The Morgan fingerprint density at radius 1 is 1.03 bits per heavy atom.